The SMILES string of the molecule is CCN(CC)CC.Cc1cc(/C(C[C@@H](c2ccc(-c3ccc(C(=O)O)cc3)cc2)c2ccc(F)cc2C)=N/O)ccn1. The Morgan fingerprint density at radius 1 is 0.857 bits per heavy atom. The normalized spacial score (nSPS) is 12.0. The van der Waals surface area contributed by atoms with Crippen LogP contribution in [0.4, 0.5) is 4.39 Å². The third kappa shape index (κ3) is 8.57. The molecule has 6 nitrogen and oxygen atoms in total. The minimum absolute atomic E-state index is 0.182. The van der Waals surface area contributed by atoms with Gasteiger partial charge in [-0.1, -0.05) is 68.4 Å². The van der Waals surface area contributed by atoms with Crippen molar-refractivity contribution in [1.29, 1.82) is 0 Å². The molecule has 0 unspecified atom stereocenters. The van der Waals surface area contributed by atoms with Gasteiger partial charge in [0.05, 0.1) is 11.3 Å². The molecule has 1 aromatic heterocycles. The van der Waals surface area contributed by atoms with Crippen molar-refractivity contribution in [3.63, 3.8) is 0 Å². The largest absolute Gasteiger partial charge is 0.478 e. The van der Waals surface area contributed by atoms with Crippen molar-refractivity contribution in [3.05, 3.63) is 124 Å². The molecule has 0 fully saturated rings. The van der Waals surface area contributed by atoms with Gasteiger partial charge in [-0.15, -0.1) is 0 Å². The number of hydrogen-bond acceptors (Lipinski definition) is 5. The molecule has 7 heteroatoms. The maximum atomic E-state index is 13.9. The fourth-order valence-corrected chi connectivity index (χ4v) is 4.96. The number of nitrogens with zero attached hydrogens (tertiary/aromatic N) is 3. The average Bonchev–Trinajstić information content (AvgIpc) is 3.00. The molecule has 0 aliphatic rings. The van der Waals surface area contributed by atoms with Crippen molar-refractivity contribution in [2.24, 2.45) is 5.16 Å². The zero-order valence-corrected chi connectivity index (χ0v) is 25.0. The van der Waals surface area contributed by atoms with Crippen molar-refractivity contribution in [1.82, 2.24) is 9.88 Å². The molecule has 0 bridgehead atoms. The predicted octanol–water partition coefficient (Wildman–Crippen LogP) is 7.95. The molecule has 0 aliphatic carbocycles. The fraction of sp³-hybridized carbons (Fsp3) is 0.286. The Bertz CT molecular complexity index is 1480. The number of aromatic nitrogens is 1. The molecule has 1 atom stereocenters. The van der Waals surface area contributed by atoms with Gasteiger partial charge in [-0.25, -0.2) is 9.18 Å². The summed E-state index contributed by atoms with van der Waals surface area (Å²) in [4.78, 5) is 17.7. The minimum atomic E-state index is -0.963. The first kappa shape index (κ1) is 32.2. The van der Waals surface area contributed by atoms with E-state index in [1.807, 2.05) is 44.2 Å². The molecule has 0 spiro atoms. The van der Waals surface area contributed by atoms with Crippen LogP contribution in [0.25, 0.3) is 11.1 Å². The number of aromatic carboxylic acids is 1. The van der Waals surface area contributed by atoms with Crippen molar-refractivity contribution in [2.75, 3.05) is 19.6 Å². The smallest absolute Gasteiger partial charge is 0.335 e. The second kappa shape index (κ2) is 15.6. The first-order chi connectivity index (χ1) is 20.2. The van der Waals surface area contributed by atoms with Gasteiger partial charge in [0.15, 0.2) is 0 Å². The number of hydrogen-bond donors (Lipinski definition) is 2. The molecule has 0 saturated carbocycles. The number of carbonyl (C=O) groups is 1. The standard InChI is InChI=1S/C29H25FN2O3.C6H15N/c1-18-15-25(30)11-12-26(18)27(17-28(32-35)24-13-14-31-19(2)16-24)22-7-3-20(4-8-22)21-5-9-23(10-6-21)29(33)34;1-4-7(5-2)6-3/h3-16,27,35H,17H2,1-2H3,(H,33,34);4-6H2,1-3H3/b32-28+;/t27-;/m0./s1. The number of pyridine rings is 1. The molecule has 42 heavy (non-hydrogen) atoms. The Hall–Kier alpha value is -4.36. The number of aryl methyl sites for hydroxylation is 2. The van der Waals surface area contributed by atoms with Gasteiger partial charge >= 0.3 is 5.97 Å². The van der Waals surface area contributed by atoms with Gasteiger partial charge in [-0.3, -0.25) is 4.98 Å². The van der Waals surface area contributed by atoms with E-state index in [4.69, 9.17) is 5.11 Å². The van der Waals surface area contributed by atoms with Gasteiger partial charge in [0.1, 0.15) is 5.82 Å². The maximum Gasteiger partial charge on any atom is 0.335 e. The van der Waals surface area contributed by atoms with Gasteiger partial charge < -0.3 is 15.2 Å². The summed E-state index contributed by atoms with van der Waals surface area (Å²) in [6.45, 7) is 13.9. The van der Waals surface area contributed by atoms with Crippen molar-refractivity contribution in [3.8, 4) is 11.1 Å². The lowest BCUT2D eigenvalue weighted by atomic mass is 9.83. The lowest BCUT2D eigenvalue weighted by Gasteiger charge is -2.21. The quantitative estimate of drug-likeness (QED) is 0.115. The zero-order valence-electron chi connectivity index (χ0n) is 25.0. The molecule has 4 rings (SSSR count). The molecular weight excluding hydrogens is 529 g/mol. The lowest BCUT2D eigenvalue weighted by Crippen LogP contribution is -2.21. The van der Waals surface area contributed by atoms with Crippen LogP contribution in [0.15, 0.2) is 90.2 Å². The predicted molar refractivity (Wildman–Crippen MR) is 167 cm³/mol. The van der Waals surface area contributed by atoms with E-state index in [2.05, 4.69) is 35.8 Å². The van der Waals surface area contributed by atoms with Crippen LogP contribution in [-0.2, 0) is 0 Å². The van der Waals surface area contributed by atoms with Crippen molar-refractivity contribution in [2.45, 2.75) is 47.0 Å². The minimum Gasteiger partial charge on any atom is -0.478 e. The number of rotatable bonds is 10. The average molecular weight is 570 g/mol. The van der Waals surface area contributed by atoms with Crippen molar-refractivity contribution >= 4 is 11.7 Å². The monoisotopic (exact) mass is 569 g/mol. The van der Waals surface area contributed by atoms with E-state index in [9.17, 15) is 14.4 Å². The van der Waals surface area contributed by atoms with Crippen LogP contribution < -0.4 is 0 Å². The van der Waals surface area contributed by atoms with Crippen LogP contribution in [0.2, 0.25) is 0 Å². The molecule has 0 radical (unpaired) electrons. The highest BCUT2D eigenvalue weighted by Crippen LogP contribution is 2.34. The van der Waals surface area contributed by atoms with E-state index in [0.717, 1.165) is 39.1 Å². The van der Waals surface area contributed by atoms with E-state index >= 15 is 0 Å². The molecule has 220 valence electrons. The van der Waals surface area contributed by atoms with Crippen LogP contribution in [0.1, 0.15) is 71.4 Å². The summed E-state index contributed by atoms with van der Waals surface area (Å²) in [5.74, 6) is -1.44. The van der Waals surface area contributed by atoms with Crippen LogP contribution in [0, 0.1) is 19.7 Å². The highest BCUT2D eigenvalue weighted by molar-refractivity contribution is 6.01. The molecule has 0 aliphatic heterocycles. The Morgan fingerprint density at radius 2 is 1.45 bits per heavy atom. The molecule has 3 aromatic carbocycles. The van der Waals surface area contributed by atoms with Crippen LogP contribution in [0.5, 0.6) is 0 Å². The lowest BCUT2D eigenvalue weighted by molar-refractivity contribution is 0.0697. The topological polar surface area (TPSA) is 86.0 Å². The Labute approximate surface area is 248 Å². The Morgan fingerprint density at radius 3 is 1.93 bits per heavy atom. The van der Waals surface area contributed by atoms with Gasteiger partial charge in [0, 0.05) is 29.8 Å². The van der Waals surface area contributed by atoms with E-state index in [1.54, 1.807) is 42.6 Å². The molecule has 4 aromatic rings. The number of carboxylic acids is 1. The molecule has 2 N–H and O–H groups in total. The number of halogens is 1. The maximum absolute atomic E-state index is 13.9. The third-order valence-electron chi connectivity index (χ3n) is 7.48. The number of carboxylic acid groups (broad SMARTS) is 1. The summed E-state index contributed by atoms with van der Waals surface area (Å²) in [7, 11) is 0. The van der Waals surface area contributed by atoms with Crippen LogP contribution >= 0.6 is 0 Å². The molecular formula is C35H40FN3O3. The van der Waals surface area contributed by atoms with Gasteiger partial charge in [-0.05, 0) is 97.7 Å². The highest BCUT2D eigenvalue weighted by Gasteiger charge is 2.21. The Balaban J connectivity index is 0.000000616. The first-order valence-electron chi connectivity index (χ1n) is 14.3. The fourth-order valence-electron chi connectivity index (χ4n) is 4.96. The second-order valence-electron chi connectivity index (χ2n) is 10.1. The van der Waals surface area contributed by atoms with Crippen LogP contribution in [-0.4, -0.2) is 51.5 Å². The zero-order chi connectivity index (χ0) is 30.6. The van der Waals surface area contributed by atoms with Crippen LogP contribution in [0.3, 0.4) is 0 Å². The molecule has 0 saturated heterocycles. The summed E-state index contributed by atoms with van der Waals surface area (Å²) in [5.41, 5.74) is 6.93. The number of benzene rings is 3. The van der Waals surface area contributed by atoms with E-state index in [0.29, 0.717) is 12.1 Å². The van der Waals surface area contributed by atoms with Gasteiger partial charge in [0.25, 0.3) is 0 Å². The highest BCUT2D eigenvalue weighted by atomic mass is 19.1. The van der Waals surface area contributed by atoms with E-state index in [-0.39, 0.29) is 17.3 Å². The summed E-state index contributed by atoms with van der Waals surface area (Å²) in [6.07, 6.45) is 2.08. The van der Waals surface area contributed by atoms with E-state index < -0.39 is 5.97 Å². The summed E-state index contributed by atoms with van der Waals surface area (Å²) >= 11 is 0. The van der Waals surface area contributed by atoms with E-state index in [1.165, 1.54) is 31.8 Å². The number of oxime groups is 1. The summed E-state index contributed by atoms with van der Waals surface area (Å²) in [6, 6.07) is 23.1. The van der Waals surface area contributed by atoms with Gasteiger partial charge in [-0.2, -0.15) is 0 Å². The second-order valence-corrected chi connectivity index (χ2v) is 10.1. The Kier molecular flexibility index (Phi) is 11.9. The summed E-state index contributed by atoms with van der Waals surface area (Å²) < 4.78 is 13.9. The third-order valence-corrected chi connectivity index (χ3v) is 7.48. The van der Waals surface area contributed by atoms with Gasteiger partial charge in [0.2, 0.25) is 0 Å². The first-order valence-corrected chi connectivity index (χ1v) is 14.3. The summed E-state index contributed by atoms with van der Waals surface area (Å²) in [5, 5.41) is 22.6. The molecule has 1 heterocycles. The molecule has 0 amide bonds. The van der Waals surface area contributed by atoms with Crippen molar-refractivity contribution < 1.29 is 19.5 Å².